The highest BCUT2D eigenvalue weighted by atomic mass is 35.5. The minimum Gasteiger partial charge on any atom is -0.336 e. The van der Waals surface area contributed by atoms with E-state index >= 15 is 0 Å². The number of rotatable bonds is 4. The molecule has 0 amide bonds. The lowest BCUT2D eigenvalue weighted by Gasteiger charge is -2.14. The fourth-order valence-electron chi connectivity index (χ4n) is 2.52. The zero-order chi connectivity index (χ0) is 13.1. The van der Waals surface area contributed by atoms with Gasteiger partial charge in [-0.25, -0.2) is 4.98 Å². The maximum Gasteiger partial charge on any atom is 0.0954 e. The summed E-state index contributed by atoms with van der Waals surface area (Å²) in [6, 6.07) is 7.82. The van der Waals surface area contributed by atoms with E-state index in [-0.39, 0.29) is 0 Å². The van der Waals surface area contributed by atoms with Crippen molar-refractivity contribution in [1.29, 1.82) is 0 Å². The number of nitrogens with zero attached hydrogens (tertiary/aromatic N) is 3. The Kier molecular flexibility index (Phi) is 3.85. The maximum absolute atomic E-state index is 5.90. The quantitative estimate of drug-likeness (QED) is 0.854. The summed E-state index contributed by atoms with van der Waals surface area (Å²) in [7, 11) is 0. The van der Waals surface area contributed by atoms with E-state index in [4.69, 9.17) is 11.6 Å². The molecule has 100 valence electrons. The van der Waals surface area contributed by atoms with Crippen molar-refractivity contribution in [3.8, 4) is 11.3 Å². The van der Waals surface area contributed by atoms with Crippen LogP contribution in [0.2, 0.25) is 5.02 Å². The molecule has 1 aliphatic rings. The summed E-state index contributed by atoms with van der Waals surface area (Å²) < 4.78 is 2.17. The highest BCUT2D eigenvalue weighted by molar-refractivity contribution is 6.30. The standard InChI is InChI=1S/C15H18ClN3/c16-14-5-3-13(4-6-14)15-11-19(12-17-15)10-9-18-7-1-2-8-18/h3-6,11-12H,1-2,7-10H2. The molecule has 1 fully saturated rings. The number of aromatic nitrogens is 2. The third-order valence-electron chi connectivity index (χ3n) is 3.65. The summed E-state index contributed by atoms with van der Waals surface area (Å²) in [5.41, 5.74) is 2.13. The van der Waals surface area contributed by atoms with Crippen molar-refractivity contribution in [2.24, 2.45) is 0 Å². The van der Waals surface area contributed by atoms with Crippen molar-refractivity contribution in [1.82, 2.24) is 14.5 Å². The third-order valence-corrected chi connectivity index (χ3v) is 3.90. The average molecular weight is 276 g/mol. The molecule has 0 radical (unpaired) electrons. The van der Waals surface area contributed by atoms with Gasteiger partial charge in [-0.3, -0.25) is 0 Å². The van der Waals surface area contributed by atoms with E-state index in [0.717, 1.165) is 29.4 Å². The zero-order valence-corrected chi connectivity index (χ0v) is 11.7. The molecular formula is C15H18ClN3. The lowest BCUT2D eigenvalue weighted by Crippen LogP contribution is -2.23. The van der Waals surface area contributed by atoms with Crippen molar-refractivity contribution in [3.05, 3.63) is 41.8 Å². The highest BCUT2D eigenvalue weighted by Crippen LogP contribution is 2.19. The first kappa shape index (κ1) is 12.7. The molecule has 2 aromatic rings. The lowest BCUT2D eigenvalue weighted by atomic mass is 10.2. The van der Waals surface area contributed by atoms with Crippen molar-refractivity contribution in [2.75, 3.05) is 19.6 Å². The van der Waals surface area contributed by atoms with E-state index in [2.05, 4.69) is 20.6 Å². The second-order valence-electron chi connectivity index (χ2n) is 5.05. The van der Waals surface area contributed by atoms with Crippen LogP contribution in [0.3, 0.4) is 0 Å². The van der Waals surface area contributed by atoms with Gasteiger partial charge in [-0.2, -0.15) is 0 Å². The Hall–Kier alpha value is -1.32. The Bertz CT molecular complexity index is 527. The van der Waals surface area contributed by atoms with Gasteiger partial charge in [-0.1, -0.05) is 23.7 Å². The van der Waals surface area contributed by atoms with Gasteiger partial charge in [-0.05, 0) is 38.1 Å². The van der Waals surface area contributed by atoms with Crippen molar-refractivity contribution >= 4 is 11.6 Å². The SMILES string of the molecule is Clc1ccc(-c2cn(CCN3CCCC3)cn2)cc1. The Labute approximate surface area is 118 Å². The normalized spacial score (nSPS) is 16.1. The van der Waals surface area contributed by atoms with Gasteiger partial charge in [0.2, 0.25) is 0 Å². The Balaban J connectivity index is 1.63. The molecule has 3 nitrogen and oxygen atoms in total. The second-order valence-corrected chi connectivity index (χ2v) is 5.49. The Morgan fingerprint density at radius 3 is 2.53 bits per heavy atom. The first-order valence-electron chi connectivity index (χ1n) is 6.81. The molecule has 1 aliphatic heterocycles. The predicted octanol–water partition coefficient (Wildman–Crippen LogP) is 3.30. The van der Waals surface area contributed by atoms with Crippen molar-refractivity contribution in [3.63, 3.8) is 0 Å². The van der Waals surface area contributed by atoms with Crippen LogP contribution in [-0.2, 0) is 6.54 Å². The van der Waals surface area contributed by atoms with Crippen LogP contribution >= 0.6 is 11.6 Å². The minimum absolute atomic E-state index is 0.761. The number of likely N-dealkylation sites (tertiary alicyclic amines) is 1. The van der Waals surface area contributed by atoms with Gasteiger partial charge < -0.3 is 9.47 Å². The number of benzene rings is 1. The minimum atomic E-state index is 0.761. The molecule has 1 aromatic carbocycles. The largest absolute Gasteiger partial charge is 0.336 e. The van der Waals surface area contributed by atoms with E-state index in [1.807, 2.05) is 30.6 Å². The van der Waals surface area contributed by atoms with Crippen LogP contribution in [-0.4, -0.2) is 34.1 Å². The number of imidazole rings is 1. The summed E-state index contributed by atoms with van der Waals surface area (Å²) in [6.45, 7) is 4.63. The molecule has 1 aromatic heterocycles. The van der Waals surface area contributed by atoms with Crippen molar-refractivity contribution in [2.45, 2.75) is 19.4 Å². The fraction of sp³-hybridized carbons (Fsp3) is 0.400. The van der Waals surface area contributed by atoms with Gasteiger partial charge >= 0.3 is 0 Å². The van der Waals surface area contributed by atoms with Gasteiger partial charge in [0, 0.05) is 29.9 Å². The molecule has 1 saturated heterocycles. The Morgan fingerprint density at radius 1 is 1.05 bits per heavy atom. The molecule has 0 atom stereocenters. The zero-order valence-electron chi connectivity index (χ0n) is 10.9. The molecule has 0 spiro atoms. The van der Waals surface area contributed by atoms with Gasteiger partial charge in [-0.15, -0.1) is 0 Å². The monoisotopic (exact) mass is 275 g/mol. The van der Waals surface area contributed by atoms with Crippen LogP contribution in [0.5, 0.6) is 0 Å². The first-order chi connectivity index (χ1) is 9.31. The molecule has 3 rings (SSSR count). The van der Waals surface area contributed by atoms with E-state index in [0.29, 0.717) is 0 Å². The van der Waals surface area contributed by atoms with Gasteiger partial charge in [0.1, 0.15) is 0 Å². The highest BCUT2D eigenvalue weighted by Gasteiger charge is 2.11. The van der Waals surface area contributed by atoms with Crippen LogP contribution in [0.1, 0.15) is 12.8 Å². The van der Waals surface area contributed by atoms with E-state index in [1.54, 1.807) is 0 Å². The average Bonchev–Trinajstić information content (AvgIpc) is 3.09. The Morgan fingerprint density at radius 2 is 1.79 bits per heavy atom. The summed E-state index contributed by atoms with van der Waals surface area (Å²) in [6.07, 6.45) is 6.72. The summed E-state index contributed by atoms with van der Waals surface area (Å²) >= 11 is 5.90. The van der Waals surface area contributed by atoms with Crippen LogP contribution < -0.4 is 0 Å². The molecule has 0 unspecified atom stereocenters. The van der Waals surface area contributed by atoms with Crippen LogP contribution in [0.15, 0.2) is 36.8 Å². The van der Waals surface area contributed by atoms with E-state index < -0.39 is 0 Å². The van der Waals surface area contributed by atoms with Gasteiger partial charge in [0.25, 0.3) is 0 Å². The number of hydrogen-bond donors (Lipinski definition) is 0. The van der Waals surface area contributed by atoms with Crippen LogP contribution in [0, 0.1) is 0 Å². The van der Waals surface area contributed by atoms with E-state index in [1.165, 1.54) is 25.9 Å². The fourth-order valence-corrected chi connectivity index (χ4v) is 2.64. The van der Waals surface area contributed by atoms with Crippen LogP contribution in [0.25, 0.3) is 11.3 Å². The first-order valence-corrected chi connectivity index (χ1v) is 7.19. The van der Waals surface area contributed by atoms with Crippen LogP contribution in [0.4, 0.5) is 0 Å². The lowest BCUT2D eigenvalue weighted by molar-refractivity contribution is 0.322. The molecule has 0 bridgehead atoms. The molecular weight excluding hydrogens is 258 g/mol. The third kappa shape index (κ3) is 3.17. The molecule has 19 heavy (non-hydrogen) atoms. The summed E-state index contributed by atoms with van der Waals surface area (Å²) in [5.74, 6) is 0. The smallest absolute Gasteiger partial charge is 0.0954 e. The maximum atomic E-state index is 5.90. The molecule has 0 aliphatic carbocycles. The second kappa shape index (κ2) is 5.76. The number of halogens is 1. The predicted molar refractivity (Wildman–Crippen MR) is 78.3 cm³/mol. The molecule has 4 heteroatoms. The molecule has 2 heterocycles. The summed E-state index contributed by atoms with van der Waals surface area (Å²) in [4.78, 5) is 6.98. The number of hydrogen-bond acceptors (Lipinski definition) is 2. The topological polar surface area (TPSA) is 21.1 Å². The van der Waals surface area contributed by atoms with Gasteiger partial charge in [0.15, 0.2) is 0 Å². The van der Waals surface area contributed by atoms with E-state index in [9.17, 15) is 0 Å². The van der Waals surface area contributed by atoms with Gasteiger partial charge in [0.05, 0.1) is 12.0 Å². The molecule has 0 N–H and O–H groups in total. The van der Waals surface area contributed by atoms with Crippen molar-refractivity contribution < 1.29 is 0 Å². The molecule has 0 saturated carbocycles. The summed E-state index contributed by atoms with van der Waals surface area (Å²) in [5, 5.41) is 0.761.